The lowest BCUT2D eigenvalue weighted by Crippen LogP contribution is -2.46. The minimum atomic E-state index is -0.0219. The fourth-order valence-corrected chi connectivity index (χ4v) is 3.46. The summed E-state index contributed by atoms with van der Waals surface area (Å²) in [4.78, 5) is 0. The average molecular weight is 225 g/mol. The minimum absolute atomic E-state index is 0.0219. The second kappa shape index (κ2) is 6.02. The van der Waals surface area contributed by atoms with Crippen LogP contribution in [0.2, 0.25) is 0 Å². The van der Waals surface area contributed by atoms with Crippen molar-refractivity contribution in [3.8, 4) is 0 Å². The maximum absolute atomic E-state index is 9.50. The van der Waals surface area contributed by atoms with Crippen molar-refractivity contribution in [1.82, 2.24) is 5.32 Å². The monoisotopic (exact) mass is 225 g/mol. The molecule has 2 unspecified atom stereocenters. The Kier molecular flexibility index (Phi) is 4.66. The molecule has 2 nitrogen and oxygen atoms in total. The fourth-order valence-electron chi connectivity index (χ4n) is 3.46. The van der Waals surface area contributed by atoms with E-state index in [4.69, 9.17) is 0 Å². The number of nitrogens with one attached hydrogen (secondary N) is 1. The van der Waals surface area contributed by atoms with E-state index in [9.17, 15) is 5.11 Å². The van der Waals surface area contributed by atoms with Crippen molar-refractivity contribution < 1.29 is 5.11 Å². The third-order valence-corrected chi connectivity index (χ3v) is 4.58. The van der Waals surface area contributed by atoms with Crippen LogP contribution >= 0.6 is 0 Å². The molecule has 0 aromatic rings. The van der Waals surface area contributed by atoms with Crippen LogP contribution in [0.4, 0.5) is 0 Å². The summed E-state index contributed by atoms with van der Waals surface area (Å²) in [6, 6.07) is 1.44. The molecule has 0 amide bonds. The first-order valence-electron chi connectivity index (χ1n) is 7.23. The summed E-state index contributed by atoms with van der Waals surface area (Å²) in [5.74, 6) is 0.903. The Bertz CT molecular complexity index is 199. The highest BCUT2D eigenvalue weighted by Gasteiger charge is 2.27. The maximum atomic E-state index is 9.50. The number of hydrogen-bond donors (Lipinski definition) is 2. The Morgan fingerprint density at radius 1 is 1.00 bits per heavy atom. The standard InChI is InChI=1S/C14H27NO/c1-2-11-5-3-4-6-14(11)15-12-7-9-13(16)10-8-12/h11-16H,2-10H2,1H3. The Morgan fingerprint density at radius 2 is 1.69 bits per heavy atom. The van der Waals surface area contributed by atoms with Gasteiger partial charge in [0, 0.05) is 12.1 Å². The molecule has 94 valence electrons. The van der Waals surface area contributed by atoms with E-state index < -0.39 is 0 Å². The second-order valence-electron chi connectivity index (χ2n) is 5.73. The second-order valence-corrected chi connectivity index (χ2v) is 5.73. The van der Waals surface area contributed by atoms with E-state index in [1.54, 1.807) is 0 Å². The molecular formula is C14H27NO. The van der Waals surface area contributed by atoms with Gasteiger partial charge in [0.1, 0.15) is 0 Å². The van der Waals surface area contributed by atoms with Crippen molar-refractivity contribution in [3.63, 3.8) is 0 Å². The van der Waals surface area contributed by atoms with Gasteiger partial charge in [-0.15, -0.1) is 0 Å². The molecule has 0 spiro atoms. The first-order chi connectivity index (χ1) is 7.79. The van der Waals surface area contributed by atoms with Crippen LogP contribution in [-0.4, -0.2) is 23.3 Å². The molecule has 2 N–H and O–H groups in total. The van der Waals surface area contributed by atoms with E-state index in [-0.39, 0.29) is 6.10 Å². The third-order valence-electron chi connectivity index (χ3n) is 4.58. The van der Waals surface area contributed by atoms with Crippen LogP contribution in [0.15, 0.2) is 0 Å². The zero-order valence-electron chi connectivity index (χ0n) is 10.6. The number of rotatable bonds is 3. The SMILES string of the molecule is CCC1CCCCC1NC1CCC(O)CC1. The van der Waals surface area contributed by atoms with Gasteiger partial charge in [0.2, 0.25) is 0 Å². The number of aliphatic hydroxyl groups excluding tert-OH is 1. The van der Waals surface area contributed by atoms with Crippen LogP contribution < -0.4 is 5.32 Å². The molecular weight excluding hydrogens is 198 g/mol. The Balaban J connectivity index is 1.78. The molecule has 0 heterocycles. The summed E-state index contributed by atoms with van der Waals surface area (Å²) in [6.07, 6.45) is 11.3. The van der Waals surface area contributed by atoms with Crippen molar-refractivity contribution in [2.45, 2.75) is 82.9 Å². The molecule has 2 atom stereocenters. The zero-order valence-corrected chi connectivity index (χ0v) is 10.6. The molecule has 2 aliphatic carbocycles. The predicted octanol–water partition coefficient (Wildman–Crippen LogP) is 2.85. The molecule has 2 rings (SSSR count). The van der Waals surface area contributed by atoms with Crippen LogP contribution in [0.25, 0.3) is 0 Å². The normalized spacial score (nSPS) is 40.9. The predicted molar refractivity (Wildman–Crippen MR) is 67.4 cm³/mol. The Morgan fingerprint density at radius 3 is 2.38 bits per heavy atom. The highest BCUT2D eigenvalue weighted by Crippen LogP contribution is 2.28. The number of hydrogen-bond acceptors (Lipinski definition) is 2. The van der Waals surface area contributed by atoms with Gasteiger partial charge in [-0.05, 0) is 44.4 Å². The lowest BCUT2D eigenvalue weighted by Gasteiger charge is -2.36. The van der Waals surface area contributed by atoms with Gasteiger partial charge in [-0.3, -0.25) is 0 Å². The molecule has 0 aromatic heterocycles. The molecule has 0 saturated heterocycles. The van der Waals surface area contributed by atoms with Crippen LogP contribution in [0.1, 0.15) is 64.7 Å². The van der Waals surface area contributed by atoms with Gasteiger partial charge in [-0.1, -0.05) is 26.2 Å². The Labute approximate surface area is 99.8 Å². The van der Waals surface area contributed by atoms with Crippen molar-refractivity contribution in [2.24, 2.45) is 5.92 Å². The van der Waals surface area contributed by atoms with Gasteiger partial charge < -0.3 is 10.4 Å². The molecule has 0 aromatic carbocycles. The van der Waals surface area contributed by atoms with Crippen LogP contribution in [0, 0.1) is 5.92 Å². The highest BCUT2D eigenvalue weighted by atomic mass is 16.3. The first-order valence-corrected chi connectivity index (χ1v) is 7.23. The topological polar surface area (TPSA) is 32.3 Å². The lowest BCUT2D eigenvalue weighted by molar-refractivity contribution is 0.108. The average Bonchev–Trinajstić information content (AvgIpc) is 2.33. The summed E-state index contributed by atoms with van der Waals surface area (Å²) < 4.78 is 0. The van der Waals surface area contributed by atoms with Gasteiger partial charge in [0.15, 0.2) is 0 Å². The third kappa shape index (κ3) is 3.21. The largest absolute Gasteiger partial charge is 0.393 e. The van der Waals surface area contributed by atoms with Gasteiger partial charge >= 0.3 is 0 Å². The van der Waals surface area contributed by atoms with Crippen molar-refractivity contribution >= 4 is 0 Å². The van der Waals surface area contributed by atoms with E-state index in [2.05, 4.69) is 12.2 Å². The molecule has 0 radical (unpaired) electrons. The van der Waals surface area contributed by atoms with Crippen molar-refractivity contribution in [2.75, 3.05) is 0 Å². The van der Waals surface area contributed by atoms with Gasteiger partial charge in [0.25, 0.3) is 0 Å². The molecule has 0 bridgehead atoms. The van der Waals surface area contributed by atoms with Gasteiger partial charge in [-0.2, -0.15) is 0 Å². The molecule has 2 heteroatoms. The van der Waals surface area contributed by atoms with E-state index in [1.807, 2.05) is 0 Å². The van der Waals surface area contributed by atoms with Gasteiger partial charge in [0.05, 0.1) is 6.10 Å². The summed E-state index contributed by atoms with van der Waals surface area (Å²) >= 11 is 0. The zero-order chi connectivity index (χ0) is 11.4. The fraction of sp³-hybridized carbons (Fsp3) is 1.00. The summed E-state index contributed by atoms with van der Waals surface area (Å²) in [5, 5.41) is 13.4. The quantitative estimate of drug-likeness (QED) is 0.774. The summed E-state index contributed by atoms with van der Waals surface area (Å²) in [5.41, 5.74) is 0. The summed E-state index contributed by atoms with van der Waals surface area (Å²) in [6.45, 7) is 2.33. The first kappa shape index (κ1) is 12.4. The summed E-state index contributed by atoms with van der Waals surface area (Å²) in [7, 11) is 0. The van der Waals surface area contributed by atoms with Crippen molar-refractivity contribution in [1.29, 1.82) is 0 Å². The molecule has 2 aliphatic rings. The highest BCUT2D eigenvalue weighted by molar-refractivity contribution is 4.85. The molecule has 16 heavy (non-hydrogen) atoms. The van der Waals surface area contributed by atoms with Crippen LogP contribution in [-0.2, 0) is 0 Å². The minimum Gasteiger partial charge on any atom is -0.393 e. The molecule has 2 fully saturated rings. The molecule has 2 saturated carbocycles. The van der Waals surface area contributed by atoms with Gasteiger partial charge in [-0.25, -0.2) is 0 Å². The Hall–Kier alpha value is -0.0800. The maximum Gasteiger partial charge on any atom is 0.0541 e. The smallest absolute Gasteiger partial charge is 0.0541 e. The van der Waals surface area contributed by atoms with Crippen LogP contribution in [0.5, 0.6) is 0 Å². The van der Waals surface area contributed by atoms with E-state index in [0.29, 0.717) is 6.04 Å². The lowest BCUT2D eigenvalue weighted by atomic mass is 9.81. The molecule has 0 aliphatic heterocycles. The number of aliphatic hydroxyl groups is 1. The van der Waals surface area contributed by atoms with E-state index in [0.717, 1.165) is 24.8 Å². The van der Waals surface area contributed by atoms with E-state index >= 15 is 0 Å². The van der Waals surface area contributed by atoms with Crippen molar-refractivity contribution in [3.05, 3.63) is 0 Å². The van der Waals surface area contributed by atoms with Crippen LogP contribution in [0.3, 0.4) is 0 Å². The van der Waals surface area contributed by atoms with E-state index in [1.165, 1.54) is 44.9 Å².